The maximum atomic E-state index is 13.1. The van der Waals surface area contributed by atoms with Gasteiger partial charge in [0.1, 0.15) is 5.82 Å². The van der Waals surface area contributed by atoms with E-state index in [2.05, 4.69) is 4.85 Å². The first-order chi connectivity index (χ1) is 6.60. The van der Waals surface area contributed by atoms with Crippen molar-refractivity contribution < 1.29 is 13.5 Å². The molecule has 1 aromatic carbocycles. The highest BCUT2D eigenvalue weighted by molar-refractivity contribution is 5.38. The van der Waals surface area contributed by atoms with Gasteiger partial charge < -0.3 is 9.58 Å². The third kappa shape index (κ3) is 1.82. The Labute approximate surface area is 80.9 Å². The predicted molar refractivity (Wildman–Crippen MR) is 47.9 cm³/mol. The summed E-state index contributed by atoms with van der Waals surface area (Å²) < 4.78 is 30.8. The number of rotatable bonds is 2. The molecule has 0 radical (unpaired) electrons. The number of benzene rings is 1. The molecule has 2 nitrogen and oxygen atoms in total. The molecule has 74 valence electrons. The molecule has 0 amide bonds. The summed E-state index contributed by atoms with van der Waals surface area (Å²) in [5.74, 6) is -1.54. The Morgan fingerprint density at radius 1 is 1.43 bits per heavy atom. The molecule has 0 aliphatic rings. The van der Waals surface area contributed by atoms with Gasteiger partial charge in [-0.3, -0.25) is 0 Å². The minimum Gasteiger partial charge on any atom is -0.493 e. The highest BCUT2D eigenvalue weighted by Gasteiger charge is 2.19. The highest BCUT2D eigenvalue weighted by Crippen LogP contribution is 2.30. The second-order valence-corrected chi connectivity index (χ2v) is 2.82. The summed E-state index contributed by atoms with van der Waals surface area (Å²) in [6, 6.07) is 1.24. The van der Waals surface area contributed by atoms with E-state index in [-0.39, 0.29) is 11.3 Å². The summed E-state index contributed by atoms with van der Waals surface area (Å²) in [7, 11) is 1.29. The van der Waals surface area contributed by atoms with Crippen LogP contribution in [0.3, 0.4) is 0 Å². The van der Waals surface area contributed by atoms with Gasteiger partial charge in [0.15, 0.2) is 11.6 Å². The first-order valence-electron chi connectivity index (χ1n) is 3.99. The molecule has 14 heavy (non-hydrogen) atoms. The summed E-state index contributed by atoms with van der Waals surface area (Å²) >= 11 is 0. The molecule has 0 saturated heterocycles. The number of hydrogen-bond donors (Lipinski definition) is 0. The van der Waals surface area contributed by atoms with Gasteiger partial charge in [-0.05, 0) is 6.07 Å². The Morgan fingerprint density at radius 3 is 2.57 bits per heavy atom. The largest absolute Gasteiger partial charge is 0.493 e. The van der Waals surface area contributed by atoms with Crippen LogP contribution in [0.2, 0.25) is 0 Å². The van der Waals surface area contributed by atoms with Crippen molar-refractivity contribution in [3.05, 3.63) is 40.7 Å². The first-order valence-corrected chi connectivity index (χ1v) is 3.99. The fourth-order valence-corrected chi connectivity index (χ4v) is 1.18. The Morgan fingerprint density at radius 2 is 2.07 bits per heavy atom. The zero-order chi connectivity index (χ0) is 10.7. The molecule has 0 saturated carbocycles. The van der Waals surface area contributed by atoms with E-state index < -0.39 is 17.7 Å². The molecular formula is C10H9F2NO. The van der Waals surface area contributed by atoms with Crippen LogP contribution >= 0.6 is 0 Å². The van der Waals surface area contributed by atoms with Crippen molar-refractivity contribution in [1.82, 2.24) is 0 Å². The lowest BCUT2D eigenvalue weighted by atomic mass is 10.1. The van der Waals surface area contributed by atoms with Gasteiger partial charge in [0.25, 0.3) is 0 Å². The van der Waals surface area contributed by atoms with Crippen LogP contribution in [0, 0.1) is 18.2 Å². The van der Waals surface area contributed by atoms with Crippen molar-refractivity contribution in [1.29, 1.82) is 0 Å². The van der Waals surface area contributed by atoms with Crippen LogP contribution in [0.25, 0.3) is 4.85 Å². The highest BCUT2D eigenvalue weighted by atomic mass is 19.1. The number of methoxy groups -OCH3 is 1. The van der Waals surface area contributed by atoms with Gasteiger partial charge in [0, 0.05) is 13.0 Å². The molecule has 0 aromatic heterocycles. The molecule has 1 unspecified atom stereocenters. The fraction of sp³-hybridized carbons (Fsp3) is 0.300. The number of nitrogens with zero attached hydrogens (tertiary/aromatic N) is 1. The lowest BCUT2D eigenvalue weighted by Crippen LogP contribution is -1.98. The second kappa shape index (κ2) is 4.05. The third-order valence-corrected chi connectivity index (χ3v) is 1.88. The average molecular weight is 197 g/mol. The zero-order valence-electron chi connectivity index (χ0n) is 7.84. The van der Waals surface area contributed by atoms with Gasteiger partial charge in [-0.1, -0.05) is 0 Å². The SMILES string of the molecule is [C-]#[N+]C(C)c1cc(F)cc(F)c1OC. The smallest absolute Gasteiger partial charge is 0.249 e. The molecule has 0 fully saturated rings. The molecule has 0 spiro atoms. The lowest BCUT2D eigenvalue weighted by molar-refractivity contribution is 0.377. The summed E-state index contributed by atoms with van der Waals surface area (Å²) in [4.78, 5) is 3.19. The van der Waals surface area contributed by atoms with Crippen LogP contribution in [0.15, 0.2) is 12.1 Å². The van der Waals surface area contributed by atoms with E-state index in [0.29, 0.717) is 0 Å². The maximum Gasteiger partial charge on any atom is 0.249 e. The quantitative estimate of drug-likeness (QED) is 0.664. The van der Waals surface area contributed by atoms with Crippen molar-refractivity contribution >= 4 is 0 Å². The van der Waals surface area contributed by atoms with Crippen molar-refractivity contribution in [3.8, 4) is 5.75 Å². The monoisotopic (exact) mass is 197 g/mol. The molecule has 0 heterocycles. The van der Waals surface area contributed by atoms with E-state index in [0.717, 1.165) is 12.1 Å². The normalized spacial score (nSPS) is 11.9. The average Bonchev–Trinajstić information content (AvgIpc) is 2.15. The Bertz CT molecular complexity index is 384. The van der Waals surface area contributed by atoms with Gasteiger partial charge in [-0.2, -0.15) is 0 Å². The van der Waals surface area contributed by atoms with Crippen LogP contribution in [0.4, 0.5) is 8.78 Å². The van der Waals surface area contributed by atoms with Crippen LogP contribution in [-0.2, 0) is 0 Å². The minimum atomic E-state index is -0.780. The molecule has 1 rings (SSSR count). The lowest BCUT2D eigenvalue weighted by Gasteiger charge is -2.08. The summed E-state index contributed by atoms with van der Waals surface area (Å²) in [6.45, 7) is 8.34. The molecule has 1 atom stereocenters. The van der Waals surface area contributed by atoms with E-state index in [1.165, 1.54) is 7.11 Å². The van der Waals surface area contributed by atoms with E-state index in [9.17, 15) is 8.78 Å². The van der Waals surface area contributed by atoms with Crippen LogP contribution < -0.4 is 4.74 Å². The summed E-state index contributed by atoms with van der Waals surface area (Å²) in [5.41, 5.74) is 0.236. The zero-order valence-corrected chi connectivity index (χ0v) is 7.84. The number of hydrogen-bond acceptors (Lipinski definition) is 1. The first kappa shape index (κ1) is 10.5. The maximum absolute atomic E-state index is 13.1. The molecule has 0 bridgehead atoms. The fourth-order valence-electron chi connectivity index (χ4n) is 1.18. The van der Waals surface area contributed by atoms with Crippen LogP contribution in [0.5, 0.6) is 5.75 Å². The molecule has 0 aliphatic carbocycles. The van der Waals surface area contributed by atoms with Gasteiger partial charge in [0.05, 0.1) is 12.7 Å². The van der Waals surface area contributed by atoms with Crippen molar-refractivity contribution in [2.45, 2.75) is 13.0 Å². The number of halogens is 2. The Hall–Kier alpha value is -1.63. The van der Waals surface area contributed by atoms with Gasteiger partial charge in [0.2, 0.25) is 6.04 Å². The van der Waals surface area contributed by atoms with E-state index >= 15 is 0 Å². The molecule has 0 aliphatic heterocycles. The Balaban J connectivity index is 3.33. The molecule has 1 aromatic rings. The number of ether oxygens (including phenoxy) is 1. The summed E-state index contributed by atoms with van der Waals surface area (Å²) in [5, 5.41) is 0. The van der Waals surface area contributed by atoms with Gasteiger partial charge >= 0.3 is 0 Å². The van der Waals surface area contributed by atoms with Crippen molar-refractivity contribution in [2.75, 3.05) is 7.11 Å². The minimum absolute atomic E-state index is 0.0603. The van der Waals surface area contributed by atoms with E-state index in [4.69, 9.17) is 11.3 Å². The second-order valence-electron chi connectivity index (χ2n) is 2.82. The summed E-state index contributed by atoms with van der Waals surface area (Å²) in [6.07, 6.45) is 0. The third-order valence-electron chi connectivity index (χ3n) is 1.88. The van der Waals surface area contributed by atoms with Crippen LogP contribution in [-0.4, -0.2) is 7.11 Å². The molecule has 0 N–H and O–H groups in total. The standard InChI is InChI=1S/C10H9F2NO/c1-6(13-2)8-4-7(11)5-9(12)10(8)14-3/h4-6H,1,3H3. The van der Waals surface area contributed by atoms with Crippen molar-refractivity contribution in [3.63, 3.8) is 0 Å². The predicted octanol–water partition coefficient (Wildman–Crippen LogP) is 2.95. The van der Waals surface area contributed by atoms with Gasteiger partial charge in [-0.15, -0.1) is 0 Å². The molecular weight excluding hydrogens is 188 g/mol. The van der Waals surface area contributed by atoms with E-state index in [1.54, 1.807) is 6.92 Å². The van der Waals surface area contributed by atoms with Crippen molar-refractivity contribution in [2.24, 2.45) is 0 Å². The Kier molecular flexibility index (Phi) is 3.03. The van der Waals surface area contributed by atoms with Gasteiger partial charge in [-0.25, -0.2) is 15.4 Å². The molecule has 4 heteroatoms. The van der Waals surface area contributed by atoms with E-state index in [1.807, 2.05) is 0 Å². The van der Waals surface area contributed by atoms with Crippen LogP contribution in [0.1, 0.15) is 18.5 Å². The topological polar surface area (TPSA) is 13.6 Å².